The summed E-state index contributed by atoms with van der Waals surface area (Å²) in [6.45, 7) is 4.86. The number of aromatic nitrogens is 2. The number of fused-ring (bicyclic) bond motifs is 1. The van der Waals surface area contributed by atoms with Crippen molar-refractivity contribution in [2.75, 3.05) is 12.1 Å². The van der Waals surface area contributed by atoms with Gasteiger partial charge in [0.2, 0.25) is 6.79 Å². The molecule has 2 aromatic carbocycles. The molecule has 31 heavy (non-hydrogen) atoms. The summed E-state index contributed by atoms with van der Waals surface area (Å²) < 4.78 is 11.9. The van der Waals surface area contributed by atoms with Gasteiger partial charge in [-0.3, -0.25) is 14.4 Å². The molecule has 1 amide bonds. The Morgan fingerprint density at radius 3 is 2.42 bits per heavy atom. The third kappa shape index (κ3) is 3.92. The molecule has 158 valence electrons. The maximum atomic E-state index is 13.0. The summed E-state index contributed by atoms with van der Waals surface area (Å²) >= 11 is 0. The molecule has 8 heteroatoms. The van der Waals surface area contributed by atoms with Gasteiger partial charge >= 0.3 is 0 Å². The van der Waals surface area contributed by atoms with Crippen LogP contribution in [0.1, 0.15) is 31.1 Å². The highest BCUT2D eigenvalue weighted by Gasteiger charge is 2.32. The number of Topliss-reactive ketones (excluding diaryl/α,β-unsaturated/α-hetero) is 1. The maximum Gasteiger partial charge on any atom is 0.267 e. The number of carbonyl (C=O) groups excluding carboxylic acids is 2. The summed E-state index contributed by atoms with van der Waals surface area (Å²) in [5.41, 5.74) is 0.632. The van der Waals surface area contributed by atoms with E-state index in [0.29, 0.717) is 28.4 Å². The molecule has 0 aliphatic carbocycles. The maximum absolute atomic E-state index is 13.0. The molecule has 1 aliphatic heterocycles. The summed E-state index contributed by atoms with van der Waals surface area (Å²) in [6, 6.07) is 14.9. The Kier molecular flexibility index (Phi) is 5.06. The average Bonchev–Trinajstić information content (AvgIpc) is 3.22. The first kappa shape index (κ1) is 20.3. The molecule has 0 unspecified atom stereocenters. The predicted octanol–water partition coefficient (Wildman–Crippen LogP) is 3.22. The Hall–Kier alpha value is -3.94. The lowest BCUT2D eigenvalue weighted by molar-refractivity contribution is -0.123. The van der Waals surface area contributed by atoms with Crippen LogP contribution in [0.15, 0.2) is 59.4 Å². The molecule has 0 radical (unpaired) electrons. The van der Waals surface area contributed by atoms with Gasteiger partial charge in [-0.2, -0.15) is 5.10 Å². The normalized spacial score (nSPS) is 12.5. The summed E-state index contributed by atoms with van der Waals surface area (Å²) in [6.07, 6.45) is 0. The highest BCUT2D eigenvalue weighted by atomic mass is 16.7. The van der Waals surface area contributed by atoms with Crippen LogP contribution in [-0.4, -0.2) is 28.3 Å². The average molecular weight is 419 g/mol. The van der Waals surface area contributed by atoms with Crippen LogP contribution in [0.2, 0.25) is 0 Å². The topological polar surface area (TPSA) is 99.5 Å². The van der Waals surface area contributed by atoms with Crippen molar-refractivity contribution in [1.29, 1.82) is 0 Å². The van der Waals surface area contributed by atoms with Gasteiger partial charge in [0.05, 0.1) is 5.69 Å². The van der Waals surface area contributed by atoms with Crippen LogP contribution in [0.4, 0.5) is 5.69 Å². The number of rotatable bonds is 5. The number of hydrogen-bond donors (Lipinski definition) is 1. The van der Waals surface area contributed by atoms with Gasteiger partial charge in [-0.1, -0.05) is 0 Å². The lowest BCUT2D eigenvalue weighted by Gasteiger charge is -2.25. The Labute approximate surface area is 178 Å². The molecule has 1 N–H and O–H groups in total. The van der Waals surface area contributed by atoms with Gasteiger partial charge in [-0.25, -0.2) is 4.68 Å². The van der Waals surface area contributed by atoms with E-state index in [1.807, 2.05) is 6.07 Å². The fraction of sp³-hybridized carbons (Fsp3) is 0.217. The number of ketones is 1. The molecule has 1 aromatic heterocycles. The van der Waals surface area contributed by atoms with Crippen molar-refractivity contribution < 1.29 is 19.1 Å². The molecule has 0 fully saturated rings. The summed E-state index contributed by atoms with van der Waals surface area (Å²) in [7, 11) is 0. The van der Waals surface area contributed by atoms with E-state index >= 15 is 0 Å². The monoisotopic (exact) mass is 419 g/mol. The van der Waals surface area contributed by atoms with Gasteiger partial charge < -0.3 is 14.8 Å². The minimum Gasteiger partial charge on any atom is -0.454 e. The fourth-order valence-corrected chi connectivity index (χ4v) is 3.19. The summed E-state index contributed by atoms with van der Waals surface area (Å²) in [5, 5.41) is 7.22. The van der Waals surface area contributed by atoms with E-state index in [9.17, 15) is 14.4 Å². The second-order valence-electron chi connectivity index (χ2n) is 7.68. The zero-order valence-corrected chi connectivity index (χ0v) is 17.3. The lowest BCUT2D eigenvalue weighted by Crippen LogP contribution is -2.47. The van der Waals surface area contributed by atoms with E-state index in [4.69, 9.17) is 9.47 Å². The van der Waals surface area contributed by atoms with E-state index in [-0.39, 0.29) is 12.6 Å². The van der Waals surface area contributed by atoms with Crippen LogP contribution in [-0.2, 0) is 10.3 Å². The van der Waals surface area contributed by atoms with Crippen molar-refractivity contribution in [1.82, 2.24) is 9.78 Å². The lowest BCUT2D eigenvalue weighted by atomic mass is 10.0. The summed E-state index contributed by atoms with van der Waals surface area (Å²) in [4.78, 5) is 37.0. The molecule has 0 spiro atoms. The van der Waals surface area contributed by atoms with Gasteiger partial charge in [0.25, 0.3) is 11.5 Å². The molecule has 3 aromatic rings. The standard InChI is InChI=1S/C23H21N3O5/c1-14(27)15-4-7-17(8-5-15)24-22(29)23(2,3)26-21(28)11-9-18(25-26)16-6-10-19-20(12-16)31-13-30-19/h4-12H,13H2,1-3H3,(H,24,29). The van der Waals surface area contributed by atoms with Crippen LogP contribution in [0.3, 0.4) is 0 Å². The van der Waals surface area contributed by atoms with Crippen LogP contribution in [0, 0.1) is 0 Å². The molecule has 2 heterocycles. The van der Waals surface area contributed by atoms with E-state index in [2.05, 4.69) is 10.4 Å². The molecule has 8 nitrogen and oxygen atoms in total. The third-order valence-electron chi connectivity index (χ3n) is 5.10. The number of carbonyl (C=O) groups is 2. The minimum absolute atomic E-state index is 0.0608. The first-order valence-electron chi connectivity index (χ1n) is 9.69. The van der Waals surface area contributed by atoms with Crippen molar-refractivity contribution in [3.05, 3.63) is 70.5 Å². The quantitative estimate of drug-likeness (QED) is 0.638. The first-order chi connectivity index (χ1) is 14.8. The second-order valence-corrected chi connectivity index (χ2v) is 7.68. The Morgan fingerprint density at radius 1 is 1.00 bits per heavy atom. The number of nitrogens with zero attached hydrogens (tertiary/aromatic N) is 2. The zero-order chi connectivity index (χ0) is 22.2. The third-order valence-corrected chi connectivity index (χ3v) is 5.10. The van der Waals surface area contributed by atoms with E-state index in [1.165, 1.54) is 13.0 Å². The van der Waals surface area contributed by atoms with Crippen molar-refractivity contribution in [3.63, 3.8) is 0 Å². The molecule has 0 saturated heterocycles. The highest BCUT2D eigenvalue weighted by Crippen LogP contribution is 2.35. The Bertz CT molecular complexity index is 1230. The van der Waals surface area contributed by atoms with Crippen molar-refractivity contribution >= 4 is 17.4 Å². The number of anilines is 1. The predicted molar refractivity (Wildman–Crippen MR) is 114 cm³/mol. The smallest absolute Gasteiger partial charge is 0.267 e. The second kappa shape index (κ2) is 7.71. The van der Waals surface area contributed by atoms with Gasteiger partial charge in [0.1, 0.15) is 5.54 Å². The first-order valence-corrected chi connectivity index (χ1v) is 9.69. The number of hydrogen-bond acceptors (Lipinski definition) is 6. The van der Waals surface area contributed by atoms with Crippen LogP contribution < -0.4 is 20.3 Å². The molecule has 0 saturated carbocycles. The number of ether oxygens (including phenoxy) is 2. The molecular weight excluding hydrogens is 398 g/mol. The van der Waals surface area contributed by atoms with Crippen molar-refractivity contribution in [3.8, 4) is 22.8 Å². The van der Waals surface area contributed by atoms with Gasteiger partial charge in [-0.15, -0.1) is 0 Å². The van der Waals surface area contributed by atoms with Gasteiger partial charge in [0, 0.05) is 22.9 Å². The van der Waals surface area contributed by atoms with Gasteiger partial charge in [-0.05, 0) is 69.3 Å². The van der Waals surface area contributed by atoms with Crippen LogP contribution in [0.5, 0.6) is 11.5 Å². The minimum atomic E-state index is -1.28. The van der Waals surface area contributed by atoms with Gasteiger partial charge in [0.15, 0.2) is 17.3 Å². The Balaban J connectivity index is 1.62. The largest absolute Gasteiger partial charge is 0.454 e. The molecular formula is C23H21N3O5. The fourth-order valence-electron chi connectivity index (χ4n) is 3.19. The van der Waals surface area contributed by atoms with E-state index < -0.39 is 17.0 Å². The molecule has 0 atom stereocenters. The number of nitrogens with one attached hydrogen (secondary N) is 1. The number of benzene rings is 2. The molecule has 0 bridgehead atoms. The Morgan fingerprint density at radius 2 is 1.71 bits per heavy atom. The zero-order valence-electron chi connectivity index (χ0n) is 17.3. The summed E-state index contributed by atoms with van der Waals surface area (Å²) in [5.74, 6) is 0.769. The SMILES string of the molecule is CC(=O)c1ccc(NC(=O)C(C)(C)n2nc(-c3ccc4c(c3)OCO4)ccc2=O)cc1. The van der Waals surface area contributed by atoms with Crippen LogP contribution >= 0.6 is 0 Å². The highest BCUT2D eigenvalue weighted by molar-refractivity contribution is 5.97. The van der Waals surface area contributed by atoms with E-state index in [0.717, 1.165) is 10.2 Å². The molecule has 4 rings (SSSR count). The number of amides is 1. The van der Waals surface area contributed by atoms with Crippen LogP contribution in [0.25, 0.3) is 11.3 Å². The molecule has 1 aliphatic rings. The van der Waals surface area contributed by atoms with Crippen molar-refractivity contribution in [2.24, 2.45) is 0 Å². The van der Waals surface area contributed by atoms with E-state index in [1.54, 1.807) is 56.3 Å². The van der Waals surface area contributed by atoms with Crippen molar-refractivity contribution in [2.45, 2.75) is 26.3 Å².